The number of carbonyl (C=O) groups excluding carboxylic acids is 2. The van der Waals surface area contributed by atoms with Crippen molar-refractivity contribution in [3.8, 4) is 11.5 Å². The van der Waals surface area contributed by atoms with Gasteiger partial charge in [0.25, 0.3) is 10.0 Å². The van der Waals surface area contributed by atoms with Crippen LogP contribution in [0.2, 0.25) is 0 Å². The number of methoxy groups -OCH3 is 1. The normalized spacial score (nSPS) is 17.8. The van der Waals surface area contributed by atoms with Crippen LogP contribution in [0.25, 0.3) is 0 Å². The molecule has 0 radical (unpaired) electrons. The maximum Gasteiger partial charge on any atom is 0.265 e. The largest absolute Gasteiger partial charge is 0.495 e. The van der Waals surface area contributed by atoms with E-state index in [1.807, 2.05) is 13.8 Å². The maximum absolute atomic E-state index is 13.2. The molecule has 0 aromatic heterocycles. The number of fused-ring (bicyclic) bond motifs is 1. The molecule has 1 saturated heterocycles. The number of sulfonamides is 1. The highest BCUT2D eigenvalue weighted by Crippen LogP contribution is 2.36. The van der Waals surface area contributed by atoms with Gasteiger partial charge in [-0.2, -0.15) is 0 Å². The topological polar surface area (TPSA) is 102 Å². The van der Waals surface area contributed by atoms with Crippen molar-refractivity contribution in [3.05, 3.63) is 42.0 Å². The first-order valence-electron chi connectivity index (χ1n) is 9.97. The number of rotatable bonds is 5. The number of Topliss-reactive ketones (excluding diaryl/α,β-unsaturated/α-hetero) is 1. The third kappa shape index (κ3) is 4.10. The summed E-state index contributed by atoms with van der Waals surface area (Å²) in [5.74, 6) is 0.426. The molecular formula is C22H24N2O6S. The molecule has 2 aliphatic rings. The second-order valence-electron chi connectivity index (χ2n) is 8.26. The van der Waals surface area contributed by atoms with E-state index in [1.165, 1.54) is 25.3 Å². The fourth-order valence-corrected chi connectivity index (χ4v) is 5.13. The van der Waals surface area contributed by atoms with E-state index in [2.05, 4.69) is 4.72 Å². The number of nitrogens with one attached hydrogen (secondary N) is 1. The number of ether oxygens (including phenoxy) is 2. The number of amides is 1. The summed E-state index contributed by atoms with van der Waals surface area (Å²) in [6, 6.07) is 9.23. The van der Waals surface area contributed by atoms with Crippen molar-refractivity contribution in [1.29, 1.82) is 0 Å². The molecule has 1 N–H and O–H groups in total. The minimum Gasteiger partial charge on any atom is -0.495 e. The van der Waals surface area contributed by atoms with Crippen molar-refractivity contribution in [2.24, 2.45) is 0 Å². The zero-order chi connectivity index (χ0) is 22.4. The van der Waals surface area contributed by atoms with E-state index >= 15 is 0 Å². The lowest BCUT2D eigenvalue weighted by Crippen LogP contribution is -2.35. The quantitative estimate of drug-likeness (QED) is 0.759. The Hall–Kier alpha value is -3.07. The van der Waals surface area contributed by atoms with Gasteiger partial charge >= 0.3 is 0 Å². The highest BCUT2D eigenvalue weighted by atomic mass is 32.2. The Morgan fingerprint density at radius 1 is 1.13 bits per heavy atom. The van der Waals surface area contributed by atoms with Crippen LogP contribution >= 0.6 is 0 Å². The first kappa shape index (κ1) is 21.2. The summed E-state index contributed by atoms with van der Waals surface area (Å²) in [6.07, 6.45) is 1.37. The lowest BCUT2D eigenvalue weighted by Gasteiger charge is -2.31. The summed E-state index contributed by atoms with van der Waals surface area (Å²) in [4.78, 5) is 26.1. The van der Waals surface area contributed by atoms with Gasteiger partial charge in [0.2, 0.25) is 5.91 Å². The molecule has 2 aromatic carbocycles. The van der Waals surface area contributed by atoms with E-state index in [-0.39, 0.29) is 34.4 Å². The maximum atomic E-state index is 13.2. The number of ketones is 1. The summed E-state index contributed by atoms with van der Waals surface area (Å²) in [6.45, 7) is 4.20. The summed E-state index contributed by atoms with van der Waals surface area (Å²) in [5.41, 5.74) is 0.467. The molecule has 0 spiro atoms. The number of carbonyl (C=O) groups is 2. The zero-order valence-corrected chi connectivity index (χ0v) is 18.4. The van der Waals surface area contributed by atoms with Gasteiger partial charge in [-0.3, -0.25) is 14.3 Å². The van der Waals surface area contributed by atoms with Gasteiger partial charge in [-0.1, -0.05) is 0 Å². The molecule has 0 bridgehead atoms. The molecule has 0 unspecified atom stereocenters. The Labute approximate surface area is 181 Å². The highest BCUT2D eigenvalue weighted by Gasteiger charge is 2.33. The lowest BCUT2D eigenvalue weighted by molar-refractivity contribution is -0.117. The van der Waals surface area contributed by atoms with E-state index in [1.54, 1.807) is 23.1 Å². The molecule has 164 valence electrons. The average Bonchev–Trinajstić information content (AvgIpc) is 3.13. The summed E-state index contributed by atoms with van der Waals surface area (Å²) < 4.78 is 39.9. The van der Waals surface area contributed by atoms with Gasteiger partial charge in [0.05, 0.1) is 19.1 Å². The Morgan fingerprint density at radius 3 is 2.58 bits per heavy atom. The van der Waals surface area contributed by atoms with Crippen LogP contribution < -0.4 is 19.1 Å². The average molecular weight is 445 g/mol. The number of nitrogens with zero attached hydrogens (tertiary/aromatic N) is 1. The van der Waals surface area contributed by atoms with E-state index in [0.29, 0.717) is 30.0 Å². The predicted molar refractivity (Wildman–Crippen MR) is 115 cm³/mol. The molecule has 31 heavy (non-hydrogen) atoms. The van der Waals surface area contributed by atoms with Crippen LogP contribution in [0.1, 0.15) is 43.5 Å². The van der Waals surface area contributed by atoms with Crippen molar-refractivity contribution in [3.63, 3.8) is 0 Å². The monoisotopic (exact) mass is 444 g/mol. The Kier molecular flexibility index (Phi) is 5.17. The van der Waals surface area contributed by atoms with Gasteiger partial charge in [0.15, 0.2) is 5.78 Å². The Balaban J connectivity index is 1.67. The molecule has 2 aromatic rings. The van der Waals surface area contributed by atoms with Crippen LogP contribution in [-0.2, 0) is 14.8 Å². The minimum atomic E-state index is -4.06. The van der Waals surface area contributed by atoms with Crippen LogP contribution in [-0.4, -0.2) is 39.4 Å². The third-order valence-corrected chi connectivity index (χ3v) is 6.73. The molecule has 9 heteroatoms. The number of benzene rings is 2. The SMILES string of the molecule is COc1ccc(N2CCCC2=O)cc1S(=O)(=O)Nc1ccc2c(c1)C(=O)CC(C)(C)O2. The van der Waals surface area contributed by atoms with Crippen molar-refractivity contribution in [2.45, 2.75) is 43.6 Å². The van der Waals surface area contributed by atoms with E-state index in [0.717, 1.165) is 6.42 Å². The van der Waals surface area contributed by atoms with Crippen molar-refractivity contribution < 1.29 is 27.5 Å². The van der Waals surface area contributed by atoms with E-state index < -0.39 is 15.6 Å². The van der Waals surface area contributed by atoms with Gasteiger partial charge in [0, 0.05) is 24.3 Å². The molecule has 1 amide bonds. The summed E-state index contributed by atoms with van der Waals surface area (Å²) in [5, 5.41) is 0. The van der Waals surface area contributed by atoms with Crippen LogP contribution in [0.5, 0.6) is 11.5 Å². The van der Waals surface area contributed by atoms with Gasteiger partial charge in [-0.15, -0.1) is 0 Å². The van der Waals surface area contributed by atoms with Gasteiger partial charge in [0.1, 0.15) is 22.0 Å². The highest BCUT2D eigenvalue weighted by molar-refractivity contribution is 7.92. The summed E-state index contributed by atoms with van der Waals surface area (Å²) in [7, 11) is -2.68. The molecule has 4 rings (SSSR count). The molecule has 2 aliphatic heterocycles. The Bertz CT molecular complexity index is 1170. The second-order valence-corrected chi connectivity index (χ2v) is 9.91. The number of hydrogen-bond donors (Lipinski definition) is 1. The zero-order valence-electron chi connectivity index (χ0n) is 17.6. The van der Waals surface area contributed by atoms with Gasteiger partial charge in [-0.05, 0) is 56.7 Å². The standard InChI is InChI=1S/C22H24N2O6S/c1-22(2)13-17(25)16-11-14(6-8-18(16)30-22)23-31(27,28)20-12-15(7-9-19(20)29-3)24-10-4-5-21(24)26/h6-9,11-12,23H,4-5,10,13H2,1-3H3. The van der Waals surface area contributed by atoms with Crippen molar-refractivity contribution >= 4 is 33.1 Å². The van der Waals surface area contributed by atoms with E-state index in [4.69, 9.17) is 9.47 Å². The van der Waals surface area contributed by atoms with E-state index in [9.17, 15) is 18.0 Å². The van der Waals surface area contributed by atoms with Crippen LogP contribution in [0.4, 0.5) is 11.4 Å². The molecular weight excluding hydrogens is 420 g/mol. The molecule has 0 aliphatic carbocycles. The first-order valence-corrected chi connectivity index (χ1v) is 11.5. The minimum absolute atomic E-state index is 0.0439. The van der Waals surface area contributed by atoms with Crippen molar-refractivity contribution in [2.75, 3.05) is 23.3 Å². The van der Waals surface area contributed by atoms with Crippen molar-refractivity contribution in [1.82, 2.24) is 0 Å². The van der Waals surface area contributed by atoms with Crippen LogP contribution in [0.15, 0.2) is 41.3 Å². The molecule has 0 saturated carbocycles. The lowest BCUT2D eigenvalue weighted by atomic mass is 9.93. The number of hydrogen-bond acceptors (Lipinski definition) is 6. The van der Waals surface area contributed by atoms with Gasteiger partial charge in [-0.25, -0.2) is 8.42 Å². The van der Waals surface area contributed by atoms with Gasteiger partial charge < -0.3 is 14.4 Å². The summed E-state index contributed by atoms with van der Waals surface area (Å²) >= 11 is 0. The first-order chi connectivity index (χ1) is 14.6. The molecule has 2 heterocycles. The molecule has 0 atom stereocenters. The Morgan fingerprint density at radius 2 is 1.90 bits per heavy atom. The molecule has 8 nitrogen and oxygen atoms in total. The fourth-order valence-electron chi connectivity index (χ4n) is 3.89. The second kappa shape index (κ2) is 7.56. The molecule has 1 fully saturated rings. The van der Waals surface area contributed by atoms with Crippen LogP contribution in [0, 0.1) is 0 Å². The number of anilines is 2. The smallest absolute Gasteiger partial charge is 0.265 e. The third-order valence-electron chi connectivity index (χ3n) is 5.33. The van der Waals surface area contributed by atoms with Crippen LogP contribution in [0.3, 0.4) is 0 Å². The predicted octanol–water partition coefficient (Wildman–Crippen LogP) is 3.37. The fraction of sp³-hybridized carbons (Fsp3) is 0.364.